The average molecular weight is 340 g/mol. The molecule has 0 spiro atoms. The van der Waals surface area contributed by atoms with E-state index in [1.165, 1.54) is 6.07 Å². The second kappa shape index (κ2) is 7.16. The monoisotopic (exact) mass is 339 g/mol. The third kappa shape index (κ3) is 3.52. The van der Waals surface area contributed by atoms with Crippen LogP contribution in [0.5, 0.6) is 0 Å². The molecule has 6 heteroatoms. The van der Waals surface area contributed by atoms with Gasteiger partial charge in [-0.3, -0.25) is 9.69 Å². The van der Waals surface area contributed by atoms with Crippen molar-refractivity contribution in [2.45, 2.75) is 44.3 Å². The maximum atomic E-state index is 13.9. The van der Waals surface area contributed by atoms with Crippen LogP contribution in [0, 0.1) is 5.82 Å². The first kappa shape index (κ1) is 16.7. The maximum absolute atomic E-state index is 13.9. The molecule has 2 aliphatic heterocycles. The van der Waals surface area contributed by atoms with E-state index in [0.29, 0.717) is 0 Å². The molecule has 0 aliphatic carbocycles. The van der Waals surface area contributed by atoms with Crippen molar-refractivity contribution in [1.82, 2.24) is 15.5 Å². The van der Waals surface area contributed by atoms with Crippen LogP contribution in [-0.2, 0) is 4.79 Å². The van der Waals surface area contributed by atoms with Gasteiger partial charge in [0.2, 0.25) is 5.91 Å². The van der Waals surface area contributed by atoms with E-state index in [1.54, 1.807) is 6.07 Å². The van der Waals surface area contributed by atoms with Crippen molar-refractivity contribution >= 4 is 17.5 Å². The third-order valence-electron chi connectivity index (χ3n) is 4.90. The van der Waals surface area contributed by atoms with E-state index in [4.69, 9.17) is 11.6 Å². The number of hydrogen-bond acceptors (Lipinski definition) is 3. The second-order valence-electron chi connectivity index (χ2n) is 6.30. The van der Waals surface area contributed by atoms with Gasteiger partial charge >= 0.3 is 0 Å². The van der Waals surface area contributed by atoms with Crippen molar-refractivity contribution in [3.05, 3.63) is 34.6 Å². The quantitative estimate of drug-likeness (QED) is 0.885. The molecule has 1 amide bonds. The molecule has 1 aromatic carbocycles. The Hall–Kier alpha value is -1.17. The molecule has 4 nitrogen and oxygen atoms in total. The van der Waals surface area contributed by atoms with Gasteiger partial charge in [-0.2, -0.15) is 0 Å². The van der Waals surface area contributed by atoms with Gasteiger partial charge < -0.3 is 10.6 Å². The Kier molecular flexibility index (Phi) is 5.19. The van der Waals surface area contributed by atoms with Gasteiger partial charge in [-0.15, -0.1) is 0 Å². The molecule has 1 aromatic rings. The van der Waals surface area contributed by atoms with E-state index in [2.05, 4.69) is 22.5 Å². The SMILES string of the molecule is CCN1CCC(NC(=O)C2CCCN2)C1c1ccc(Cl)c(F)c1. The molecule has 2 fully saturated rings. The molecule has 3 atom stereocenters. The minimum atomic E-state index is -0.408. The van der Waals surface area contributed by atoms with Crippen LogP contribution in [0.3, 0.4) is 0 Å². The summed E-state index contributed by atoms with van der Waals surface area (Å²) in [5.41, 5.74) is 0.871. The Morgan fingerprint density at radius 1 is 1.48 bits per heavy atom. The lowest BCUT2D eigenvalue weighted by Gasteiger charge is -2.29. The van der Waals surface area contributed by atoms with Crippen molar-refractivity contribution in [3.8, 4) is 0 Å². The maximum Gasteiger partial charge on any atom is 0.237 e. The molecule has 3 rings (SSSR count). The van der Waals surface area contributed by atoms with E-state index >= 15 is 0 Å². The second-order valence-corrected chi connectivity index (χ2v) is 6.71. The summed E-state index contributed by atoms with van der Waals surface area (Å²) in [5, 5.41) is 6.52. The summed E-state index contributed by atoms with van der Waals surface area (Å²) < 4.78 is 13.9. The summed E-state index contributed by atoms with van der Waals surface area (Å²) in [6, 6.07) is 4.86. The number of halogens is 2. The number of likely N-dealkylation sites (tertiary alicyclic amines) is 1. The van der Waals surface area contributed by atoms with Crippen LogP contribution >= 0.6 is 11.6 Å². The lowest BCUT2D eigenvalue weighted by Crippen LogP contribution is -2.47. The number of amides is 1. The molecule has 2 heterocycles. The first-order valence-electron chi connectivity index (χ1n) is 8.33. The molecule has 0 bridgehead atoms. The lowest BCUT2D eigenvalue weighted by atomic mass is 9.99. The standard InChI is InChI=1S/C17H23ClFN3O/c1-2-22-9-7-14(21-17(23)15-4-3-8-20-15)16(22)11-5-6-12(18)13(19)10-11/h5-6,10,14-16,20H,2-4,7-9H2,1H3,(H,21,23). The Morgan fingerprint density at radius 3 is 2.96 bits per heavy atom. The summed E-state index contributed by atoms with van der Waals surface area (Å²) in [5.74, 6) is -0.348. The smallest absolute Gasteiger partial charge is 0.237 e. The van der Waals surface area contributed by atoms with Crippen LogP contribution in [0.1, 0.15) is 37.8 Å². The number of likely N-dealkylation sites (N-methyl/N-ethyl adjacent to an activating group) is 1. The van der Waals surface area contributed by atoms with Gasteiger partial charge in [-0.1, -0.05) is 24.6 Å². The van der Waals surface area contributed by atoms with Gasteiger partial charge in [0.15, 0.2) is 0 Å². The molecular formula is C17H23ClFN3O. The fraction of sp³-hybridized carbons (Fsp3) is 0.588. The normalized spacial score (nSPS) is 28.2. The zero-order chi connectivity index (χ0) is 16.4. The van der Waals surface area contributed by atoms with E-state index in [-0.39, 0.29) is 29.1 Å². The molecule has 126 valence electrons. The van der Waals surface area contributed by atoms with E-state index in [9.17, 15) is 9.18 Å². The summed E-state index contributed by atoms with van der Waals surface area (Å²) in [6.45, 7) is 4.75. The molecule has 0 aromatic heterocycles. The first-order valence-corrected chi connectivity index (χ1v) is 8.70. The van der Waals surface area contributed by atoms with Crippen molar-refractivity contribution in [1.29, 1.82) is 0 Å². The van der Waals surface area contributed by atoms with Gasteiger partial charge in [0.1, 0.15) is 5.82 Å². The number of nitrogens with zero attached hydrogens (tertiary/aromatic N) is 1. The molecule has 23 heavy (non-hydrogen) atoms. The molecular weight excluding hydrogens is 317 g/mol. The third-order valence-corrected chi connectivity index (χ3v) is 5.20. The Bertz CT molecular complexity index is 577. The molecule has 3 unspecified atom stereocenters. The molecule has 2 aliphatic rings. The number of hydrogen-bond donors (Lipinski definition) is 2. The van der Waals surface area contributed by atoms with Gasteiger partial charge in [-0.05, 0) is 50.0 Å². The van der Waals surface area contributed by atoms with Crippen LogP contribution in [0.25, 0.3) is 0 Å². The van der Waals surface area contributed by atoms with E-state index < -0.39 is 5.82 Å². The first-order chi connectivity index (χ1) is 11.1. The summed E-state index contributed by atoms with van der Waals surface area (Å²) in [6.07, 6.45) is 2.80. The minimum Gasteiger partial charge on any atom is -0.350 e. The fourth-order valence-corrected chi connectivity index (χ4v) is 3.81. The lowest BCUT2D eigenvalue weighted by molar-refractivity contribution is -0.123. The summed E-state index contributed by atoms with van der Waals surface area (Å²) >= 11 is 5.80. The number of benzene rings is 1. The Balaban J connectivity index is 1.78. The van der Waals surface area contributed by atoms with Gasteiger partial charge in [0, 0.05) is 12.6 Å². The zero-order valence-corrected chi connectivity index (χ0v) is 14.1. The highest BCUT2D eigenvalue weighted by Gasteiger charge is 2.37. The molecule has 0 radical (unpaired) electrons. The van der Waals surface area contributed by atoms with Gasteiger partial charge in [0.05, 0.1) is 17.1 Å². The Labute approximate surface area is 141 Å². The van der Waals surface area contributed by atoms with E-state index in [0.717, 1.165) is 44.5 Å². The highest BCUT2D eigenvalue weighted by atomic mass is 35.5. The molecule has 2 N–H and O–H groups in total. The number of nitrogens with one attached hydrogen (secondary N) is 2. The number of carbonyl (C=O) groups is 1. The van der Waals surface area contributed by atoms with Gasteiger partial charge in [0.25, 0.3) is 0 Å². The zero-order valence-electron chi connectivity index (χ0n) is 13.3. The van der Waals surface area contributed by atoms with Crippen LogP contribution < -0.4 is 10.6 Å². The molecule has 0 saturated carbocycles. The highest BCUT2D eigenvalue weighted by Crippen LogP contribution is 2.33. The number of rotatable bonds is 4. The summed E-state index contributed by atoms with van der Waals surface area (Å²) in [4.78, 5) is 14.7. The molecule has 2 saturated heterocycles. The predicted octanol–water partition coefficient (Wildman–Crippen LogP) is 2.48. The predicted molar refractivity (Wildman–Crippen MR) is 89.0 cm³/mol. The fourth-order valence-electron chi connectivity index (χ4n) is 3.69. The summed E-state index contributed by atoms with van der Waals surface area (Å²) in [7, 11) is 0. The van der Waals surface area contributed by atoms with Crippen LogP contribution in [-0.4, -0.2) is 42.5 Å². The number of carbonyl (C=O) groups excluding carboxylic acids is 1. The van der Waals surface area contributed by atoms with Crippen molar-refractivity contribution in [2.75, 3.05) is 19.6 Å². The van der Waals surface area contributed by atoms with Crippen molar-refractivity contribution in [3.63, 3.8) is 0 Å². The van der Waals surface area contributed by atoms with Crippen molar-refractivity contribution < 1.29 is 9.18 Å². The van der Waals surface area contributed by atoms with Gasteiger partial charge in [-0.25, -0.2) is 4.39 Å². The van der Waals surface area contributed by atoms with Crippen LogP contribution in [0.15, 0.2) is 18.2 Å². The van der Waals surface area contributed by atoms with Crippen molar-refractivity contribution in [2.24, 2.45) is 0 Å². The average Bonchev–Trinajstić information content (AvgIpc) is 3.19. The Morgan fingerprint density at radius 2 is 2.30 bits per heavy atom. The topological polar surface area (TPSA) is 44.4 Å². The van der Waals surface area contributed by atoms with Crippen LogP contribution in [0.2, 0.25) is 5.02 Å². The minimum absolute atomic E-state index is 0.00267. The largest absolute Gasteiger partial charge is 0.350 e. The highest BCUT2D eigenvalue weighted by molar-refractivity contribution is 6.30. The van der Waals surface area contributed by atoms with Crippen LogP contribution in [0.4, 0.5) is 4.39 Å². The van der Waals surface area contributed by atoms with E-state index in [1.807, 2.05) is 6.07 Å².